The standard InChI is InChI=1S/C16H21N3O/c1-16(10-17,11-6-7-11)19-15-13-4-3-5-14(20-2)12(13)8-9-18-15/h3-5,8-9,11H,6-7,10,17H2,1-2H3,(H,18,19). The number of hydrogen-bond acceptors (Lipinski definition) is 4. The second kappa shape index (κ2) is 4.94. The summed E-state index contributed by atoms with van der Waals surface area (Å²) in [5, 5.41) is 5.72. The predicted octanol–water partition coefficient (Wildman–Crippen LogP) is 2.78. The average Bonchev–Trinajstić information content (AvgIpc) is 3.32. The van der Waals surface area contributed by atoms with Gasteiger partial charge in [0.2, 0.25) is 0 Å². The molecule has 1 saturated carbocycles. The molecule has 1 unspecified atom stereocenters. The molecule has 4 nitrogen and oxygen atoms in total. The molecule has 3 rings (SSSR count). The maximum atomic E-state index is 5.98. The molecular formula is C16H21N3O. The lowest BCUT2D eigenvalue weighted by Crippen LogP contribution is -2.44. The van der Waals surface area contributed by atoms with Crippen LogP contribution in [0.15, 0.2) is 30.5 Å². The van der Waals surface area contributed by atoms with Gasteiger partial charge in [0, 0.05) is 23.5 Å². The van der Waals surface area contributed by atoms with E-state index in [1.807, 2.05) is 24.4 Å². The molecule has 0 amide bonds. The molecule has 1 aliphatic rings. The number of pyridine rings is 1. The largest absolute Gasteiger partial charge is 0.496 e. The third-order valence-corrected chi connectivity index (χ3v) is 4.29. The molecule has 0 aliphatic heterocycles. The van der Waals surface area contributed by atoms with Crippen molar-refractivity contribution in [3.05, 3.63) is 30.5 Å². The molecule has 3 N–H and O–H groups in total. The van der Waals surface area contributed by atoms with Gasteiger partial charge in [0.25, 0.3) is 0 Å². The summed E-state index contributed by atoms with van der Waals surface area (Å²) < 4.78 is 5.42. The Balaban J connectivity index is 2.03. The summed E-state index contributed by atoms with van der Waals surface area (Å²) >= 11 is 0. The van der Waals surface area contributed by atoms with Crippen LogP contribution in [0, 0.1) is 5.92 Å². The first-order valence-corrected chi connectivity index (χ1v) is 7.08. The Kier molecular flexibility index (Phi) is 3.26. The quantitative estimate of drug-likeness (QED) is 0.878. The Morgan fingerprint density at radius 3 is 2.80 bits per heavy atom. The van der Waals surface area contributed by atoms with Gasteiger partial charge in [0.05, 0.1) is 12.6 Å². The zero-order chi connectivity index (χ0) is 14.2. The normalized spacial score (nSPS) is 17.8. The lowest BCUT2D eigenvalue weighted by molar-refractivity contribution is 0.420. The van der Waals surface area contributed by atoms with Crippen molar-refractivity contribution in [2.75, 3.05) is 19.0 Å². The van der Waals surface area contributed by atoms with Gasteiger partial charge in [-0.25, -0.2) is 4.98 Å². The lowest BCUT2D eigenvalue weighted by Gasteiger charge is -2.30. The van der Waals surface area contributed by atoms with Gasteiger partial charge < -0.3 is 15.8 Å². The topological polar surface area (TPSA) is 60.2 Å². The number of nitrogens with zero attached hydrogens (tertiary/aromatic N) is 1. The van der Waals surface area contributed by atoms with Crippen LogP contribution in [0.25, 0.3) is 10.8 Å². The molecule has 2 aromatic rings. The van der Waals surface area contributed by atoms with E-state index in [1.54, 1.807) is 7.11 Å². The van der Waals surface area contributed by atoms with Crippen LogP contribution in [-0.4, -0.2) is 24.2 Å². The highest BCUT2D eigenvalue weighted by atomic mass is 16.5. The fraction of sp³-hybridized carbons (Fsp3) is 0.438. The lowest BCUT2D eigenvalue weighted by atomic mass is 9.95. The van der Waals surface area contributed by atoms with E-state index in [1.165, 1.54) is 12.8 Å². The third kappa shape index (κ3) is 2.20. The van der Waals surface area contributed by atoms with E-state index in [0.29, 0.717) is 12.5 Å². The number of rotatable bonds is 5. The van der Waals surface area contributed by atoms with Crippen molar-refractivity contribution in [3.63, 3.8) is 0 Å². The third-order valence-electron chi connectivity index (χ3n) is 4.29. The molecule has 1 aromatic carbocycles. The summed E-state index contributed by atoms with van der Waals surface area (Å²) in [5.74, 6) is 2.41. The van der Waals surface area contributed by atoms with E-state index in [0.717, 1.165) is 22.3 Å². The van der Waals surface area contributed by atoms with E-state index >= 15 is 0 Å². The average molecular weight is 271 g/mol. The van der Waals surface area contributed by atoms with Crippen LogP contribution in [0.2, 0.25) is 0 Å². The summed E-state index contributed by atoms with van der Waals surface area (Å²) in [6.45, 7) is 2.80. The van der Waals surface area contributed by atoms with Gasteiger partial charge >= 0.3 is 0 Å². The predicted molar refractivity (Wildman–Crippen MR) is 82.1 cm³/mol. The summed E-state index contributed by atoms with van der Waals surface area (Å²) in [4.78, 5) is 4.50. The molecule has 1 atom stereocenters. The van der Waals surface area contributed by atoms with Gasteiger partial charge in [-0.2, -0.15) is 0 Å². The summed E-state index contributed by atoms with van der Waals surface area (Å²) in [5.41, 5.74) is 5.90. The van der Waals surface area contributed by atoms with E-state index in [-0.39, 0.29) is 5.54 Å². The van der Waals surface area contributed by atoms with Crippen LogP contribution in [0.1, 0.15) is 19.8 Å². The highest BCUT2D eigenvalue weighted by molar-refractivity contribution is 5.96. The second-order valence-electron chi connectivity index (χ2n) is 5.74. The van der Waals surface area contributed by atoms with Crippen LogP contribution in [0.5, 0.6) is 5.75 Å². The van der Waals surface area contributed by atoms with Gasteiger partial charge in [0.1, 0.15) is 11.6 Å². The SMILES string of the molecule is COc1cccc2c(NC(C)(CN)C3CC3)nccc12. The molecule has 0 radical (unpaired) electrons. The number of anilines is 1. The Bertz CT molecular complexity index is 624. The van der Waals surface area contributed by atoms with Gasteiger partial charge in [-0.1, -0.05) is 12.1 Å². The van der Waals surface area contributed by atoms with Crippen molar-refractivity contribution in [1.82, 2.24) is 4.98 Å². The summed E-state index contributed by atoms with van der Waals surface area (Å²) in [6.07, 6.45) is 4.31. The Labute approximate surface area is 119 Å². The van der Waals surface area contributed by atoms with Crippen LogP contribution in [0.4, 0.5) is 5.82 Å². The number of nitrogens with one attached hydrogen (secondary N) is 1. The molecule has 1 heterocycles. The number of hydrogen-bond donors (Lipinski definition) is 2. The fourth-order valence-corrected chi connectivity index (χ4v) is 2.77. The molecule has 1 aromatic heterocycles. The molecule has 0 saturated heterocycles. The maximum Gasteiger partial charge on any atom is 0.134 e. The number of aromatic nitrogens is 1. The van der Waals surface area contributed by atoms with Crippen molar-refractivity contribution in [2.24, 2.45) is 11.7 Å². The van der Waals surface area contributed by atoms with E-state index < -0.39 is 0 Å². The first-order chi connectivity index (χ1) is 9.68. The Hall–Kier alpha value is -1.81. The zero-order valence-electron chi connectivity index (χ0n) is 12.0. The van der Waals surface area contributed by atoms with Gasteiger partial charge in [-0.05, 0) is 37.8 Å². The molecule has 1 fully saturated rings. The van der Waals surface area contributed by atoms with Gasteiger partial charge in [-0.15, -0.1) is 0 Å². The van der Waals surface area contributed by atoms with E-state index in [2.05, 4.69) is 23.3 Å². The molecule has 0 bridgehead atoms. The number of benzene rings is 1. The summed E-state index contributed by atoms with van der Waals surface area (Å²) in [7, 11) is 1.69. The zero-order valence-corrected chi connectivity index (χ0v) is 12.0. The fourth-order valence-electron chi connectivity index (χ4n) is 2.77. The number of methoxy groups -OCH3 is 1. The van der Waals surface area contributed by atoms with E-state index in [4.69, 9.17) is 10.5 Å². The highest BCUT2D eigenvalue weighted by Gasteiger charge is 2.40. The van der Waals surface area contributed by atoms with Gasteiger partial charge in [0.15, 0.2) is 0 Å². The minimum atomic E-state index is -0.0790. The van der Waals surface area contributed by atoms with Crippen LogP contribution in [0.3, 0.4) is 0 Å². The number of fused-ring (bicyclic) bond motifs is 1. The van der Waals surface area contributed by atoms with Crippen molar-refractivity contribution < 1.29 is 4.74 Å². The van der Waals surface area contributed by atoms with E-state index in [9.17, 15) is 0 Å². The molecule has 20 heavy (non-hydrogen) atoms. The minimum Gasteiger partial charge on any atom is -0.496 e. The van der Waals surface area contributed by atoms with Crippen molar-refractivity contribution in [3.8, 4) is 5.75 Å². The Morgan fingerprint density at radius 1 is 1.35 bits per heavy atom. The highest BCUT2D eigenvalue weighted by Crippen LogP contribution is 2.41. The second-order valence-corrected chi connectivity index (χ2v) is 5.74. The smallest absolute Gasteiger partial charge is 0.134 e. The van der Waals surface area contributed by atoms with Crippen LogP contribution in [-0.2, 0) is 0 Å². The van der Waals surface area contributed by atoms with Crippen molar-refractivity contribution in [1.29, 1.82) is 0 Å². The van der Waals surface area contributed by atoms with Crippen LogP contribution < -0.4 is 15.8 Å². The molecule has 106 valence electrons. The molecule has 0 spiro atoms. The maximum absolute atomic E-state index is 5.98. The van der Waals surface area contributed by atoms with Crippen LogP contribution >= 0.6 is 0 Å². The number of ether oxygens (including phenoxy) is 1. The molecular weight excluding hydrogens is 250 g/mol. The van der Waals surface area contributed by atoms with Crippen molar-refractivity contribution in [2.45, 2.75) is 25.3 Å². The monoisotopic (exact) mass is 271 g/mol. The first kappa shape index (κ1) is 13.2. The minimum absolute atomic E-state index is 0.0790. The first-order valence-electron chi connectivity index (χ1n) is 7.08. The van der Waals surface area contributed by atoms with Gasteiger partial charge in [-0.3, -0.25) is 0 Å². The molecule has 1 aliphatic carbocycles. The Morgan fingerprint density at radius 2 is 2.15 bits per heavy atom. The molecule has 4 heteroatoms. The van der Waals surface area contributed by atoms with Crippen molar-refractivity contribution >= 4 is 16.6 Å². The number of nitrogens with two attached hydrogens (primary N) is 1. The summed E-state index contributed by atoms with van der Waals surface area (Å²) in [6, 6.07) is 8.01.